The van der Waals surface area contributed by atoms with Crippen molar-refractivity contribution in [3.63, 3.8) is 0 Å². The second-order valence-electron chi connectivity index (χ2n) is 4.07. The second-order valence-corrected chi connectivity index (χ2v) is 4.84. The van der Waals surface area contributed by atoms with E-state index < -0.39 is 0 Å². The molecule has 17 heavy (non-hydrogen) atoms. The fourth-order valence-corrected chi connectivity index (χ4v) is 2.35. The molecular formula is C11H16N4OS. The number of thioether (sulfide) groups is 1. The van der Waals surface area contributed by atoms with Crippen LogP contribution in [-0.2, 0) is 4.79 Å². The van der Waals surface area contributed by atoms with E-state index in [1.165, 1.54) is 11.8 Å². The number of nitrogens with two attached hydrogens (primary N) is 1. The summed E-state index contributed by atoms with van der Waals surface area (Å²) in [6.45, 7) is 1.66. The Kier molecular flexibility index (Phi) is 3.83. The van der Waals surface area contributed by atoms with Crippen molar-refractivity contribution in [1.29, 1.82) is 0 Å². The van der Waals surface area contributed by atoms with Gasteiger partial charge in [0.1, 0.15) is 5.82 Å². The first-order valence-electron chi connectivity index (χ1n) is 5.62. The maximum Gasteiger partial charge on any atom is 0.220 e. The van der Waals surface area contributed by atoms with E-state index in [0.717, 1.165) is 36.9 Å². The van der Waals surface area contributed by atoms with Crippen molar-refractivity contribution in [2.24, 2.45) is 11.7 Å². The predicted octanol–water partition coefficient (Wildman–Crippen LogP) is 0.900. The highest BCUT2D eigenvalue weighted by Gasteiger charge is 2.23. The Hall–Kier alpha value is -1.30. The van der Waals surface area contributed by atoms with Crippen LogP contribution in [0.4, 0.5) is 5.82 Å². The third-order valence-corrected chi connectivity index (χ3v) is 3.58. The molecule has 0 spiro atoms. The van der Waals surface area contributed by atoms with Gasteiger partial charge in [-0.05, 0) is 25.2 Å². The van der Waals surface area contributed by atoms with Crippen LogP contribution in [0.3, 0.4) is 0 Å². The van der Waals surface area contributed by atoms with Crippen molar-refractivity contribution in [3.8, 4) is 0 Å². The summed E-state index contributed by atoms with van der Waals surface area (Å²) in [7, 11) is 0. The van der Waals surface area contributed by atoms with E-state index in [1.807, 2.05) is 12.3 Å². The Bertz CT molecular complexity index is 404. The first-order valence-corrected chi connectivity index (χ1v) is 6.84. The van der Waals surface area contributed by atoms with Gasteiger partial charge in [-0.3, -0.25) is 4.79 Å². The van der Waals surface area contributed by atoms with Crippen molar-refractivity contribution < 1.29 is 4.79 Å². The first kappa shape index (κ1) is 12.2. The van der Waals surface area contributed by atoms with Crippen LogP contribution >= 0.6 is 11.8 Å². The summed E-state index contributed by atoms with van der Waals surface area (Å²) >= 11 is 1.53. The normalized spacial score (nSPS) is 17.1. The molecule has 6 heteroatoms. The zero-order valence-electron chi connectivity index (χ0n) is 9.80. The zero-order chi connectivity index (χ0) is 12.3. The highest BCUT2D eigenvalue weighted by atomic mass is 32.2. The number of nitrogens with zero attached hydrogens (tertiary/aromatic N) is 3. The van der Waals surface area contributed by atoms with Crippen LogP contribution in [0.2, 0.25) is 0 Å². The van der Waals surface area contributed by atoms with Crippen LogP contribution in [0.15, 0.2) is 17.4 Å². The van der Waals surface area contributed by atoms with E-state index in [-0.39, 0.29) is 11.8 Å². The molecule has 2 heterocycles. The smallest absolute Gasteiger partial charge is 0.220 e. The molecule has 1 saturated heterocycles. The van der Waals surface area contributed by atoms with Gasteiger partial charge in [0, 0.05) is 25.2 Å². The third-order valence-electron chi connectivity index (χ3n) is 3.02. The van der Waals surface area contributed by atoms with Crippen LogP contribution < -0.4 is 10.6 Å². The number of aromatic nitrogens is 2. The summed E-state index contributed by atoms with van der Waals surface area (Å²) in [4.78, 5) is 21.8. The van der Waals surface area contributed by atoms with Crippen molar-refractivity contribution >= 4 is 23.5 Å². The number of hydrogen-bond donors (Lipinski definition) is 1. The van der Waals surface area contributed by atoms with Crippen LogP contribution in [0.25, 0.3) is 0 Å². The van der Waals surface area contributed by atoms with E-state index >= 15 is 0 Å². The number of piperidine rings is 1. The van der Waals surface area contributed by atoms with Gasteiger partial charge in [-0.2, -0.15) is 0 Å². The van der Waals surface area contributed by atoms with E-state index in [9.17, 15) is 4.79 Å². The number of rotatable bonds is 3. The molecule has 2 rings (SSSR count). The van der Waals surface area contributed by atoms with Crippen LogP contribution in [-0.4, -0.2) is 35.2 Å². The minimum absolute atomic E-state index is 0.0214. The van der Waals surface area contributed by atoms with E-state index in [0.29, 0.717) is 0 Å². The average molecular weight is 252 g/mol. The minimum Gasteiger partial charge on any atom is -0.369 e. The van der Waals surface area contributed by atoms with Gasteiger partial charge in [-0.1, -0.05) is 11.8 Å². The third kappa shape index (κ3) is 2.88. The Morgan fingerprint density at radius 2 is 2.24 bits per heavy atom. The molecule has 0 saturated carbocycles. The quantitative estimate of drug-likeness (QED) is 0.639. The van der Waals surface area contributed by atoms with E-state index in [4.69, 9.17) is 5.73 Å². The number of amides is 1. The van der Waals surface area contributed by atoms with Gasteiger partial charge >= 0.3 is 0 Å². The van der Waals surface area contributed by atoms with Crippen LogP contribution in [0.1, 0.15) is 12.8 Å². The van der Waals surface area contributed by atoms with Crippen molar-refractivity contribution in [3.05, 3.63) is 12.3 Å². The van der Waals surface area contributed by atoms with Gasteiger partial charge in [0.15, 0.2) is 5.16 Å². The molecule has 1 aromatic rings. The molecule has 2 N–H and O–H groups in total. The summed E-state index contributed by atoms with van der Waals surface area (Å²) in [6, 6.07) is 1.91. The van der Waals surface area contributed by atoms with E-state index in [2.05, 4.69) is 14.9 Å². The maximum atomic E-state index is 11.1. The Morgan fingerprint density at radius 1 is 1.53 bits per heavy atom. The lowest BCUT2D eigenvalue weighted by molar-refractivity contribution is -0.122. The standard InChI is InChI=1S/C11H16N4OS/c1-17-11-13-5-2-9(14-11)15-6-3-8(4-7-15)10(12)16/h2,5,8H,3-4,6-7H2,1H3,(H2,12,16). The summed E-state index contributed by atoms with van der Waals surface area (Å²) in [6.07, 6.45) is 5.36. The fourth-order valence-electron chi connectivity index (χ4n) is 2.00. The molecule has 1 fully saturated rings. The van der Waals surface area contributed by atoms with Gasteiger partial charge in [-0.15, -0.1) is 0 Å². The first-order chi connectivity index (χ1) is 8.20. The SMILES string of the molecule is CSc1nccc(N2CCC(C(N)=O)CC2)n1. The fraction of sp³-hybridized carbons (Fsp3) is 0.545. The average Bonchev–Trinajstić information content (AvgIpc) is 2.39. The van der Waals surface area contributed by atoms with Crippen molar-refractivity contribution in [1.82, 2.24) is 9.97 Å². The number of carbonyl (C=O) groups is 1. The monoisotopic (exact) mass is 252 g/mol. The van der Waals surface area contributed by atoms with Gasteiger partial charge in [0.05, 0.1) is 0 Å². The molecule has 0 bridgehead atoms. The number of carbonyl (C=O) groups excluding carboxylic acids is 1. The van der Waals surface area contributed by atoms with E-state index in [1.54, 1.807) is 6.20 Å². The van der Waals surface area contributed by atoms with Crippen LogP contribution in [0.5, 0.6) is 0 Å². The topological polar surface area (TPSA) is 72.1 Å². The minimum atomic E-state index is -0.183. The largest absolute Gasteiger partial charge is 0.369 e. The Labute approximate surface area is 105 Å². The van der Waals surface area contributed by atoms with Gasteiger partial charge in [0.2, 0.25) is 5.91 Å². The second kappa shape index (κ2) is 5.35. The molecule has 92 valence electrons. The molecule has 1 aliphatic rings. The summed E-state index contributed by atoms with van der Waals surface area (Å²) in [5.74, 6) is 0.775. The molecule has 0 aromatic carbocycles. The van der Waals surface area contributed by atoms with Crippen LogP contribution in [0, 0.1) is 5.92 Å². The molecule has 0 atom stereocenters. The maximum absolute atomic E-state index is 11.1. The summed E-state index contributed by atoms with van der Waals surface area (Å²) in [5, 5.41) is 0.777. The molecule has 0 aliphatic carbocycles. The van der Waals surface area contributed by atoms with Gasteiger partial charge in [-0.25, -0.2) is 9.97 Å². The molecule has 5 nitrogen and oxygen atoms in total. The molecule has 1 amide bonds. The van der Waals surface area contributed by atoms with Gasteiger partial charge < -0.3 is 10.6 Å². The molecule has 1 aromatic heterocycles. The van der Waals surface area contributed by atoms with Crippen molar-refractivity contribution in [2.45, 2.75) is 18.0 Å². The lowest BCUT2D eigenvalue weighted by atomic mass is 9.96. The Balaban J connectivity index is 2.02. The number of hydrogen-bond acceptors (Lipinski definition) is 5. The highest BCUT2D eigenvalue weighted by Crippen LogP contribution is 2.22. The highest BCUT2D eigenvalue weighted by molar-refractivity contribution is 7.98. The Morgan fingerprint density at radius 3 is 2.82 bits per heavy atom. The number of primary amides is 1. The number of anilines is 1. The lowest BCUT2D eigenvalue weighted by Gasteiger charge is -2.31. The predicted molar refractivity (Wildman–Crippen MR) is 67.9 cm³/mol. The molecule has 0 radical (unpaired) electrons. The summed E-state index contributed by atoms with van der Waals surface area (Å²) in [5.41, 5.74) is 5.31. The van der Waals surface area contributed by atoms with Crippen molar-refractivity contribution in [2.75, 3.05) is 24.2 Å². The lowest BCUT2D eigenvalue weighted by Crippen LogP contribution is -2.38. The molecular weight excluding hydrogens is 236 g/mol. The van der Waals surface area contributed by atoms with Gasteiger partial charge in [0.25, 0.3) is 0 Å². The zero-order valence-corrected chi connectivity index (χ0v) is 10.6. The molecule has 1 aliphatic heterocycles. The summed E-state index contributed by atoms with van der Waals surface area (Å²) < 4.78 is 0. The molecule has 0 unspecified atom stereocenters.